The van der Waals surface area contributed by atoms with E-state index in [1.54, 1.807) is 0 Å². The zero-order chi connectivity index (χ0) is 14.8. The van der Waals surface area contributed by atoms with Crippen molar-refractivity contribution in [1.82, 2.24) is 5.32 Å². The summed E-state index contributed by atoms with van der Waals surface area (Å²) in [4.78, 5) is 0. The maximum absolute atomic E-state index is 6.33. The Labute approximate surface area is 133 Å². The molecule has 1 saturated carbocycles. The molecule has 0 aromatic heterocycles. The minimum Gasteiger partial charge on any atom is -0.316 e. The van der Waals surface area contributed by atoms with E-state index in [1.165, 1.54) is 25.7 Å². The number of hydrogen-bond acceptors (Lipinski definition) is 1. The van der Waals surface area contributed by atoms with Crippen LogP contribution in [0.15, 0.2) is 18.2 Å². The number of likely N-dealkylation sites (N-methyl/N-ethyl adjacent to an activating group) is 1. The molecule has 1 aliphatic carbocycles. The number of nitrogens with one attached hydrogen (secondary N) is 1. The topological polar surface area (TPSA) is 12.0 Å². The molecule has 2 rings (SSSR count). The van der Waals surface area contributed by atoms with Crippen LogP contribution in [0.5, 0.6) is 0 Å². The monoisotopic (exact) mass is 313 g/mol. The van der Waals surface area contributed by atoms with Crippen LogP contribution in [0, 0.1) is 11.3 Å². The van der Waals surface area contributed by atoms with Gasteiger partial charge in [-0.25, -0.2) is 0 Å². The molecule has 1 nitrogen and oxygen atoms in total. The van der Waals surface area contributed by atoms with Gasteiger partial charge in [0.15, 0.2) is 0 Å². The number of halogens is 2. The van der Waals surface area contributed by atoms with E-state index in [0.29, 0.717) is 17.4 Å². The third-order valence-corrected chi connectivity index (χ3v) is 5.64. The standard InChI is InChI=1S/C17H25Cl2N/c1-17(2)10-5-4-7-13(17)16(20-3)11-12-14(18)8-6-9-15(12)19/h6,8-9,13,16,20H,4-5,7,10-11H2,1-3H3. The molecule has 1 fully saturated rings. The van der Waals surface area contributed by atoms with Crippen LogP contribution in [0.3, 0.4) is 0 Å². The van der Waals surface area contributed by atoms with Gasteiger partial charge in [-0.1, -0.05) is 56.0 Å². The fourth-order valence-corrected chi connectivity index (χ4v) is 4.21. The van der Waals surface area contributed by atoms with Crippen molar-refractivity contribution in [2.45, 2.75) is 52.0 Å². The second-order valence-electron chi connectivity index (χ2n) is 6.64. The number of benzene rings is 1. The lowest BCUT2D eigenvalue weighted by atomic mass is 9.65. The smallest absolute Gasteiger partial charge is 0.0453 e. The van der Waals surface area contributed by atoms with Gasteiger partial charge in [0.1, 0.15) is 0 Å². The minimum absolute atomic E-state index is 0.389. The van der Waals surface area contributed by atoms with E-state index in [9.17, 15) is 0 Å². The Bertz CT molecular complexity index is 436. The molecule has 0 saturated heterocycles. The molecule has 0 spiro atoms. The average molecular weight is 314 g/mol. The first-order chi connectivity index (χ1) is 9.45. The molecule has 1 aromatic rings. The van der Waals surface area contributed by atoms with Crippen molar-refractivity contribution in [3.63, 3.8) is 0 Å². The highest BCUT2D eigenvalue weighted by Crippen LogP contribution is 2.43. The summed E-state index contributed by atoms with van der Waals surface area (Å²) in [5, 5.41) is 5.08. The van der Waals surface area contributed by atoms with Crippen molar-refractivity contribution in [2.24, 2.45) is 11.3 Å². The Hall–Kier alpha value is -0.240. The van der Waals surface area contributed by atoms with Crippen molar-refractivity contribution in [1.29, 1.82) is 0 Å². The van der Waals surface area contributed by atoms with Crippen molar-refractivity contribution in [3.8, 4) is 0 Å². The highest BCUT2D eigenvalue weighted by Gasteiger charge is 2.37. The van der Waals surface area contributed by atoms with E-state index in [0.717, 1.165) is 22.0 Å². The molecule has 1 aromatic carbocycles. The van der Waals surface area contributed by atoms with Crippen LogP contribution in [-0.2, 0) is 6.42 Å². The number of rotatable bonds is 4. The lowest BCUT2D eigenvalue weighted by Gasteiger charge is -2.43. The average Bonchev–Trinajstić information content (AvgIpc) is 2.39. The van der Waals surface area contributed by atoms with Gasteiger partial charge in [0, 0.05) is 16.1 Å². The van der Waals surface area contributed by atoms with Crippen molar-refractivity contribution < 1.29 is 0 Å². The van der Waals surface area contributed by atoms with Gasteiger partial charge in [0.2, 0.25) is 0 Å². The van der Waals surface area contributed by atoms with Crippen LogP contribution >= 0.6 is 23.2 Å². The predicted molar refractivity (Wildman–Crippen MR) is 88.8 cm³/mol. The Balaban J connectivity index is 2.20. The quantitative estimate of drug-likeness (QED) is 0.791. The molecule has 20 heavy (non-hydrogen) atoms. The molecule has 0 amide bonds. The van der Waals surface area contributed by atoms with Gasteiger partial charge in [-0.2, -0.15) is 0 Å². The lowest BCUT2D eigenvalue weighted by molar-refractivity contribution is 0.101. The van der Waals surface area contributed by atoms with Gasteiger partial charge in [0.25, 0.3) is 0 Å². The van der Waals surface area contributed by atoms with Gasteiger partial charge < -0.3 is 5.32 Å². The molecule has 112 valence electrons. The van der Waals surface area contributed by atoms with E-state index >= 15 is 0 Å². The fraction of sp³-hybridized carbons (Fsp3) is 0.647. The molecule has 1 aliphatic rings. The highest BCUT2D eigenvalue weighted by molar-refractivity contribution is 6.36. The molecule has 2 unspecified atom stereocenters. The van der Waals surface area contributed by atoms with Gasteiger partial charge in [-0.3, -0.25) is 0 Å². The summed E-state index contributed by atoms with van der Waals surface area (Å²) in [6.45, 7) is 4.80. The molecular weight excluding hydrogens is 289 g/mol. The van der Waals surface area contributed by atoms with Gasteiger partial charge in [0.05, 0.1) is 0 Å². The molecule has 2 atom stereocenters. The maximum atomic E-state index is 6.33. The summed E-state index contributed by atoms with van der Waals surface area (Å²) in [7, 11) is 2.06. The molecular formula is C17H25Cl2N. The first kappa shape index (κ1) is 16.1. The predicted octanol–water partition coefficient (Wildman–Crippen LogP) is 5.34. The number of hydrogen-bond donors (Lipinski definition) is 1. The third kappa shape index (κ3) is 3.50. The summed E-state index contributed by atoms with van der Waals surface area (Å²) in [6.07, 6.45) is 6.20. The summed E-state index contributed by atoms with van der Waals surface area (Å²) in [6, 6.07) is 6.21. The summed E-state index contributed by atoms with van der Waals surface area (Å²) in [5.74, 6) is 0.675. The van der Waals surface area contributed by atoms with Gasteiger partial charge in [-0.05, 0) is 55.3 Å². The Morgan fingerprint density at radius 1 is 1.25 bits per heavy atom. The molecule has 0 bridgehead atoms. The zero-order valence-electron chi connectivity index (χ0n) is 12.7. The second kappa shape index (κ2) is 6.68. The van der Waals surface area contributed by atoms with Crippen LogP contribution in [0.2, 0.25) is 10.0 Å². The maximum Gasteiger partial charge on any atom is 0.0453 e. The summed E-state index contributed by atoms with van der Waals surface area (Å²) >= 11 is 12.7. The molecule has 0 radical (unpaired) electrons. The summed E-state index contributed by atoms with van der Waals surface area (Å²) in [5.41, 5.74) is 1.47. The van der Waals surface area contributed by atoms with Crippen molar-refractivity contribution in [2.75, 3.05) is 7.05 Å². The first-order valence-electron chi connectivity index (χ1n) is 7.56. The van der Waals surface area contributed by atoms with Crippen LogP contribution in [0.25, 0.3) is 0 Å². The summed E-state index contributed by atoms with van der Waals surface area (Å²) < 4.78 is 0. The van der Waals surface area contributed by atoms with E-state index in [1.807, 2.05) is 18.2 Å². The van der Waals surface area contributed by atoms with Crippen LogP contribution in [0.1, 0.15) is 45.1 Å². The lowest BCUT2D eigenvalue weighted by Crippen LogP contribution is -2.44. The zero-order valence-corrected chi connectivity index (χ0v) is 14.2. The van der Waals surface area contributed by atoms with E-state index in [-0.39, 0.29) is 0 Å². The fourth-order valence-electron chi connectivity index (χ4n) is 3.66. The van der Waals surface area contributed by atoms with E-state index in [4.69, 9.17) is 23.2 Å². The minimum atomic E-state index is 0.389. The largest absolute Gasteiger partial charge is 0.316 e. The van der Waals surface area contributed by atoms with Crippen LogP contribution < -0.4 is 5.32 Å². The third-order valence-electron chi connectivity index (χ3n) is 4.93. The second-order valence-corrected chi connectivity index (χ2v) is 7.45. The molecule has 1 N–H and O–H groups in total. The Kier molecular flexibility index (Phi) is 5.39. The molecule has 3 heteroatoms. The van der Waals surface area contributed by atoms with Gasteiger partial charge >= 0.3 is 0 Å². The first-order valence-corrected chi connectivity index (χ1v) is 8.31. The molecule has 0 aliphatic heterocycles. The SMILES string of the molecule is CNC(Cc1c(Cl)cccc1Cl)C1CCCCC1(C)C. The molecule has 0 heterocycles. The normalized spacial score (nSPS) is 23.6. The Morgan fingerprint density at radius 2 is 1.90 bits per heavy atom. The van der Waals surface area contributed by atoms with E-state index in [2.05, 4.69) is 26.2 Å². The van der Waals surface area contributed by atoms with Crippen molar-refractivity contribution >= 4 is 23.2 Å². The van der Waals surface area contributed by atoms with E-state index < -0.39 is 0 Å². The van der Waals surface area contributed by atoms with Crippen LogP contribution in [-0.4, -0.2) is 13.1 Å². The highest BCUT2D eigenvalue weighted by atomic mass is 35.5. The Morgan fingerprint density at radius 3 is 2.45 bits per heavy atom. The van der Waals surface area contributed by atoms with Gasteiger partial charge in [-0.15, -0.1) is 0 Å². The van der Waals surface area contributed by atoms with Crippen molar-refractivity contribution in [3.05, 3.63) is 33.8 Å². The van der Waals surface area contributed by atoms with Crippen LogP contribution in [0.4, 0.5) is 0 Å².